The first-order chi connectivity index (χ1) is 9.56. The van der Waals surface area contributed by atoms with Crippen LogP contribution in [0.1, 0.15) is 12.0 Å². The lowest BCUT2D eigenvalue weighted by Gasteiger charge is -2.04. The molecule has 0 aliphatic carbocycles. The second kappa shape index (κ2) is 5.96. The third-order valence-corrected chi connectivity index (χ3v) is 2.66. The lowest BCUT2D eigenvalue weighted by atomic mass is 10.2. The van der Waals surface area contributed by atoms with E-state index in [2.05, 4.69) is 4.74 Å². The molecule has 0 saturated carbocycles. The molecule has 1 heterocycles. The number of cyclic esters (lactones) is 1. The van der Waals surface area contributed by atoms with Crippen LogP contribution in [0.4, 0.5) is 5.69 Å². The summed E-state index contributed by atoms with van der Waals surface area (Å²) in [5.41, 5.74) is 0.583. The Morgan fingerprint density at radius 1 is 1.40 bits per heavy atom. The first-order valence-electron chi connectivity index (χ1n) is 5.86. The van der Waals surface area contributed by atoms with E-state index in [4.69, 9.17) is 4.74 Å². The van der Waals surface area contributed by atoms with E-state index in [-0.39, 0.29) is 12.3 Å². The molecule has 0 radical (unpaired) electrons. The molecule has 1 aliphatic heterocycles. The van der Waals surface area contributed by atoms with Crippen LogP contribution in [0.3, 0.4) is 0 Å². The second-order valence-electron chi connectivity index (χ2n) is 4.06. The number of non-ortho nitro benzene ring substituents is 1. The summed E-state index contributed by atoms with van der Waals surface area (Å²) in [6.07, 6.45) is 2.12. The van der Waals surface area contributed by atoms with Crippen LogP contribution >= 0.6 is 0 Å². The molecule has 0 spiro atoms. The van der Waals surface area contributed by atoms with E-state index in [0.717, 1.165) is 6.08 Å². The number of nitro benzene ring substituents is 1. The van der Waals surface area contributed by atoms with Crippen molar-refractivity contribution in [2.24, 2.45) is 0 Å². The van der Waals surface area contributed by atoms with Crippen LogP contribution in [0.25, 0.3) is 6.08 Å². The number of carbonyl (C=O) groups excluding carboxylic acids is 2. The number of carbonyl (C=O) groups is 2. The average molecular weight is 277 g/mol. The topological polar surface area (TPSA) is 95.7 Å². The van der Waals surface area contributed by atoms with Gasteiger partial charge in [0.15, 0.2) is 0 Å². The predicted octanol–water partition coefficient (Wildman–Crippen LogP) is 1.47. The minimum Gasteiger partial charge on any atom is -0.463 e. The minimum absolute atomic E-state index is 0.0292. The maximum absolute atomic E-state index is 11.5. The lowest BCUT2D eigenvalue weighted by molar-refractivity contribution is -0.384. The van der Waals surface area contributed by atoms with Crippen LogP contribution in [-0.2, 0) is 19.1 Å². The number of hydrogen-bond acceptors (Lipinski definition) is 6. The Hall–Kier alpha value is -2.70. The highest BCUT2D eigenvalue weighted by Gasteiger charge is 2.29. The summed E-state index contributed by atoms with van der Waals surface area (Å²) < 4.78 is 9.56. The molecule has 1 aliphatic rings. The molecular weight excluding hydrogens is 266 g/mol. The highest BCUT2D eigenvalue weighted by Crippen LogP contribution is 2.14. The van der Waals surface area contributed by atoms with Crippen LogP contribution in [0, 0.1) is 10.1 Å². The van der Waals surface area contributed by atoms with E-state index in [0.29, 0.717) is 12.0 Å². The largest absolute Gasteiger partial charge is 0.463 e. The van der Waals surface area contributed by atoms with E-state index in [1.54, 1.807) is 0 Å². The zero-order valence-corrected chi connectivity index (χ0v) is 10.4. The van der Waals surface area contributed by atoms with Gasteiger partial charge in [-0.3, -0.25) is 10.1 Å². The van der Waals surface area contributed by atoms with E-state index in [1.165, 1.54) is 30.3 Å². The van der Waals surface area contributed by atoms with Crippen LogP contribution < -0.4 is 0 Å². The number of esters is 2. The Kier molecular flexibility index (Phi) is 4.09. The van der Waals surface area contributed by atoms with E-state index in [9.17, 15) is 19.7 Å². The van der Waals surface area contributed by atoms with Crippen LogP contribution in [0.5, 0.6) is 0 Å². The van der Waals surface area contributed by atoms with Gasteiger partial charge in [0, 0.05) is 24.6 Å². The van der Waals surface area contributed by atoms with Gasteiger partial charge in [-0.2, -0.15) is 0 Å². The monoisotopic (exact) mass is 277 g/mol. The van der Waals surface area contributed by atoms with Crippen molar-refractivity contribution in [3.8, 4) is 0 Å². The SMILES string of the molecule is O=C(/C=C/c1ccc([N+](=O)[O-])cc1)O[C@@H]1CCOC1=O. The predicted molar refractivity (Wildman–Crippen MR) is 67.6 cm³/mol. The molecule has 0 bridgehead atoms. The fourth-order valence-corrected chi connectivity index (χ4v) is 1.64. The van der Waals surface area contributed by atoms with Crippen LogP contribution in [-0.4, -0.2) is 29.6 Å². The Morgan fingerprint density at radius 3 is 2.65 bits per heavy atom. The van der Waals surface area contributed by atoms with E-state index < -0.39 is 23.0 Å². The molecule has 2 rings (SSSR count). The van der Waals surface area contributed by atoms with Gasteiger partial charge in [-0.05, 0) is 23.8 Å². The van der Waals surface area contributed by atoms with Crippen molar-refractivity contribution >= 4 is 23.7 Å². The molecule has 7 heteroatoms. The summed E-state index contributed by atoms with van der Waals surface area (Å²) in [5.74, 6) is -1.20. The van der Waals surface area contributed by atoms with Gasteiger partial charge in [-0.15, -0.1) is 0 Å². The number of ether oxygens (including phenoxy) is 2. The maximum Gasteiger partial charge on any atom is 0.347 e. The molecule has 1 saturated heterocycles. The molecular formula is C13H11NO6. The van der Waals surface area contributed by atoms with Gasteiger partial charge in [0.25, 0.3) is 5.69 Å². The highest BCUT2D eigenvalue weighted by atomic mass is 16.6. The molecule has 1 aromatic carbocycles. The van der Waals surface area contributed by atoms with E-state index >= 15 is 0 Å². The summed E-state index contributed by atoms with van der Waals surface area (Å²) in [5, 5.41) is 10.5. The van der Waals surface area contributed by atoms with Gasteiger partial charge in [-0.1, -0.05) is 0 Å². The fourth-order valence-electron chi connectivity index (χ4n) is 1.64. The van der Waals surface area contributed by atoms with Crippen molar-refractivity contribution in [1.29, 1.82) is 0 Å². The standard InChI is InChI=1S/C13H11NO6/c15-12(20-11-7-8-19-13(11)16)6-3-9-1-4-10(5-2-9)14(17)18/h1-6,11H,7-8H2/b6-3+/t11-/m1/s1. The molecule has 0 unspecified atom stereocenters. The van der Waals surface area contributed by atoms with Gasteiger partial charge in [0.05, 0.1) is 11.5 Å². The Balaban J connectivity index is 1.93. The molecule has 0 amide bonds. The van der Waals surface area contributed by atoms with Crippen LogP contribution in [0.15, 0.2) is 30.3 Å². The van der Waals surface area contributed by atoms with Crippen molar-refractivity contribution in [1.82, 2.24) is 0 Å². The number of rotatable bonds is 4. The zero-order chi connectivity index (χ0) is 14.5. The molecule has 0 aromatic heterocycles. The normalized spacial score (nSPS) is 18.0. The number of nitro groups is 1. The average Bonchev–Trinajstić information content (AvgIpc) is 2.82. The third-order valence-electron chi connectivity index (χ3n) is 2.66. The van der Waals surface area contributed by atoms with Gasteiger partial charge in [0.1, 0.15) is 0 Å². The van der Waals surface area contributed by atoms with Gasteiger partial charge in [-0.25, -0.2) is 9.59 Å². The molecule has 0 N–H and O–H groups in total. The Labute approximate surface area is 113 Å². The first kappa shape index (κ1) is 13.7. The van der Waals surface area contributed by atoms with Gasteiger partial charge < -0.3 is 9.47 Å². The summed E-state index contributed by atoms with van der Waals surface area (Å²) in [4.78, 5) is 32.5. The smallest absolute Gasteiger partial charge is 0.347 e. The highest BCUT2D eigenvalue weighted by molar-refractivity contribution is 5.89. The molecule has 1 aromatic rings. The second-order valence-corrected chi connectivity index (χ2v) is 4.06. The molecule has 104 valence electrons. The Morgan fingerprint density at radius 2 is 2.10 bits per heavy atom. The van der Waals surface area contributed by atoms with Crippen molar-refractivity contribution in [3.63, 3.8) is 0 Å². The summed E-state index contributed by atoms with van der Waals surface area (Å²) in [7, 11) is 0. The van der Waals surface area contributed by atoms with Crippen LogP contribution in [0.2, 0.25) is 0 Å². The van der Waals surface area contributed by atoms with Crippen molar-refractivity contribution in [2.45, 2.75) is 12.5 Å². The zero-order valence-electron chi connectivity index (χ0n) is 10.4. The van der Waals surface area contributed by atoms with Crippen molar-refractivity contribution in [2.75, 3.05) is 6.61 Å². The third kappa shape index (κ3) is 3.41. The lowest BCUT2D eigenvalue weighted by Crippen LogP contribution is -2.21. The molecule has 20 heavy (non-hydrogen) atoms. The molecule has 1 atom stereocenters. The van der Waals surface area contributed by atoms with Gasteiger partial charge in [0.2, 0.25) is 6.10 Å². The fraction of sp³-hybridized carbons (Fsp3) is 0.231. The summed E-state index contributed by atoms with van der Waals surface area (Å²) >= 11 is 0. The van der Waals surface area contributed by atoms with Crippen molar-refractivity contribution in [3.05, 3.63) is 46.0 Å². The number of nitrogens with zero attached hydrogens (tertiary/aromatic N) is 1. The first-order valence-corrected chi connectivity index (χ1v) is 5.86. The summed E-state index contributed by atoms with van der Waals surface area (Å²) in [6.45, 7) is 0.253. The summed E-state index contributed by atoms with van der Waals surface area (Å²) in [6, 6.07) is 5.68. The number of hydrogen-bond donors (Lipinski definition) is 0. The van der Waals surface area contributed by atoms with E-state index in [1.807, 2.05) is 0 Å². The minimum atomic E-state index is -0.844. The van der Waals surface area contributed by atoms with Gasteiger partial charge >= 0.3 is 11.9 Å². The molecule has 1 fully saturated rings. The number of benzene rings is 1. The maximum atomic E-state index is 11.5. The van der Waals surface area contributed by atoms with Crippen molar-refractivity contribution < 1.29 is 24.0 Å². The quantitative estimate of drug-likeness (QED) is 0.358. The molecule has 7 nitrogen and oxygen atoms in total. The Bertz CT molecular complexity index is 563.